The number of aromatic nitrogens is 4. The monoisotopic (exact) mass is 300 g/mol. The highest BCUT2D eigenvalue weighted by molar-refractivity contribution is 5.29. The molecule has 2 aromatic heterocycles. The van der Waals surface area contributed by atoms with Gasteiger partial charge in [0, 0.05) is 11.9 Å². The normalized spacial score (nSPS) is 12.5. The molecule has 1 aromatic carbocycles. The van der Waals surface area contributed by atoms with Crippen molar-refractivity contribution in [2.45, 2.75) is 25.4 Å². The van der Waals surface area contributed by atoms with Crippen molar-refractivity contribution < 1.29 is 9.50 Å². The zero-order chi connectivity index (χ0) is 15.4. The van der Waals surface area contributed by atoms with Gasteiger partial charge in [-0.1, -0.05) is 12.1 Å². The summed E-state index contributed by atoms with van der Waals surface area (Å²) < 4.78 is 12.9. The van der Waals surface area contributed by atoms with Crippen LogP contribution in [-0.2, 0) is 12.8 Å². The third-order valence-corrected chi connectivity index (χ3v) is 3.65. The van der Waals surface area contributed by atoms with Gasteiger partial charge in [-0.2, -0.15) is 5.10 Å². The fourth-order valence-corrected chi connectivity index (χ4v) is 2.45. The van der Waals surface area contributed by atoms with Crippen LogP contribution in [0.3, 0.4) is 0 Å². The Balaban J connectivity index is 1.63. The van der Waals surface area contributed by atoms with Crippen LogP contribution in [0.2, 0.25) is 0 Å². The second-order valence-corrected chi connectivity index (χ2v) is 5.21. The molecule has 0 spiro atoms. The second-order valence-electron chi connectivity index (χ2n) is 5.21. The fourth-order valence-electron chi connectivity index (χ4n) is 2.45. The van der Waals surface area contributed by atoms with E-state index in [9.17, 15) is 9.50 Å². The minimum atomic E-state index is -0.663. The van der Waals surface area contributed by atoms with Gasteiger partial charge in [0.15, 0.2) is 5.82 Å². The zero-order valence-electron chi connectivity index (χ0n) is 12.0. The Bertz CT molecular complexity index is 706. The number of rotatable bonds is 6. The van der Waals surface area contributed by atoms with E-state index in [4.69, 9.17) is 0 Å². The number of aromatic amines is 2. The molecule has 0 amide bonds. The van der Waals surface area contributed by atoms with Crippen molar-refractivity contribution in [1.82, 2.24) is 20.2 Å². The lowest BCUT2D eigenvalue weighted by molar-refractivity contribution is 0.158. The summed E-state index contributed by atoms with van der Waals surface area (Å²) in [6.07, 6.45) is 4.58. The predicted molar refractivity (Wildman–Crippen MR) is 79.7 cm³/mol. The van der Waals surface area contributed by atoms with Crippen LogP contribution in [0.5, 0.6) is 0 Å². The summed E-state index contributed by atoms with van der Waals surface area (Å²) in [5, 5.41) is 16.4. The third kappa shape index (κ3) is 3.40. The molecule has 3 rings (SSSR count). The van der Waals surface area contributed by atoms with Crippen molar-refractivity contribution in [3.63, 3.8) is 0 Å². The van der Waals surface area contributed by atoms with Crippen molar-refractivity contribution in [3.05, 3.63) is 71.3 Å². The number of aliphatic hydroxyl groups excluding tert-OH is 1. The Morgan fingerprint density at radius 1 is 1.18 bits per heavy atom. The van der Waals surface area contributed by atoms with Crippen LogP contribution < -0.4 is 0 Å². The molecule has 1 atom stereocenters. The smallest absolute Gasteiger partial charge is 0.153 e. The van der Waals surface area contributed by atoms with Crippen molar-refractivity contribution in [3.8, 4) is 0 Å². The van der Waals surface area contributed by atoms with Gasteiger partial charge in [-0.05, 0) is 48.6 Å². The molecule has 0 aliphatic heterocycles. The summed E-state index contributed by atoms with van der Waals surface area (Å²) >= 11 is 0. The minimum absolute atomic E-state index is 0.228. The molecule has 22 heavy (non-hydrogen) atoms. The Morgan fingerprint density at radius 3 is 2.73 bits per heavy atom. The molecule has 114 valence electrons. The molecule has 0 saturated heterocycles. The van der Waals surface area contributed by atoms with E-state index in [2.05, 4.69) is 20.2 Å². The Morgan fingerprint density at radius 2 is 2.00 bits per heavy atom. The molecular weight excluding hydrogens is 283 g/mol. The van der Waals surface area contributed by atoms with Crippen LogP contribution in [-0.4, -0.2) is 25.3 Å². The van der Waals surface area contributed by atoms with Gasteiger partial charge in [-0.3, -0.25) is 5.10 Å². The van der Waals surface area contributed by atoms with Gasteiger partial charge in [0.05, 0.1) is 0 Å². The van der Waals surface area contributed by atoms with Crippen LogP contribution in [0, 0.1) is 5.82 Å². The number of hydrogen-bond donors (Lipinski definition) is 3. The number of halogens is 1. The van der Waals surface area contributed by atoms with E-state index >= 15 is 0 Å². The van der Waals surface area contributed by atoms with Crippen molar-refractivity contribution in [2.24, 2.45) is 0 Å². The molecule has 2 heterocycles. The first-order valence-electron chi connectivity index (χ1n) is 7.15. The van der Waals surface area contributed by atoms with Crippen molar-refractivity contribution >= 4 is 0 Å². The Labute approximate surface area is 127 Å². The summed E-state index contributed by atoms with van der Waals surface area (Å²) in [5.41, 5.74) is 3.28. The lowest BCUT2D eigenvalue weighted by atomic mass is 10.0. The van der Waals surface area contributed by atoms with Gasteiger partial charge < -0.3 is 10.1 Å². The lowest BCUT2D eigenvalue weighted by Gasteiger charge is -2.08. The van der Waals surface area contributed by atoms with E-state index < -0.39 is 6.10 Å². The van der Waals surface area contributed by atoms with E-state index in [1.165, 1.54) is 18.5 Å². The molecule has 0 saturated carbocycles. The topological polar surface area (TPSA) is 77.6 Å². The fraction of sp³-hybridized carbons (Fsp3) is 0.250. The van der Waals surface area contributed by atoms with Gasteiger partial charge >= 0.3 is 0 Å². The maximum atomic E-state index is 12.9. The van der Waals surface area contributed by atoms with Crippen molar-refractivity contribution in [2.75, 3.05) is 0 Å². The third-order valence-electron chi connectivity index (χ3n) is 3.65. The highest BCUT2D eigenvalue weighted by Crippen LogP contribution is 2.19. The SMILES string of the molecule is OC(CCc1[nH]ccc1Cc1ccc(F)cc1)c1ncn[nH]1. The van der Waals surface area contributed by atoms with Crippen LogP contribution >= 0.6 is 0 Å². The summed E-state index contributed by atoms with van der Waals surface area (Å²) in [7, 11) is 0. The number of hydrogen-bond acceptors (Lipinski definition) is 3. The van der Waals surface area contributed by atoms with Crippen LogP contribution in [0.1, 0.15) is 35.2 Å². The average Bonchev–Trinajstić information content (AvgIpc) is 3.19. The summed E-state index contributed by atoms with van der Waals surface area (Å²) in [4.78, 5) is 7.16. The van der Waals surface area contributed by atoms with E-state index in [0.717, 1.165) is 23.2 Å². The number of nitrogens with zero attached hydrogens (tertiary/aromatic N) is 2. The second kappa shape index (κ2) is 6.53. The van der Waals surface area contributed by atoms with Crippen LogP contribution in [0.25, 0.3) is 0 Å². The molecule has 0 bridgehead atoms. The molecule has 3 aromatic rings. The molecule has 6 heteroatoms. The van der Waals surface area contributed by atoms with E-state index in [1.54, 1.807) is 12.1 Å². The summed E-state index contributed by atoms with van der Waals surface area (Å²) in [5.74, 6) is 0.250. The molecule has 0 radical (unpaired) electrons. The molecule has 0 aliphatic carbocycles. The maximum absolute atomic E-state index is 12.9. The van der Waals surface area contributed by atoms with E-state index in [0.29, 0.717) is 18.7 Å². The highest BCUT2D eigenvalue weighted by Gasteiger charge is 2.12. The molecule has 5 nitrogen and oxygen atoms in total. The molecule has 3 N–H and O–H groups in total. The number of aliphatic hydroxyl groups is 1. The van der Waals surface area contributed by atoms with E-state index in [-0.39, 0.29) is 5.82 Å². The van der Waals surface area contributed by atoms with Crippen LogP contribution in [0.4, 0.5) is 4.39 Å². The van der Waals surface area contributed by atoms with Gasteiger partial charge in [0.25, 0.3) is 0 Å². The first-order chi connectivity index (χ1) is 10.7. The minimum Gasteiger partial charge on any atom is -0.385 e. The largest absolute Gasteiger partial charge is 0.385 e. The first-order valence-corrected chi connectivity index (χ1v) is 7.15. The van der Waals surface area contributed by atoms with Gasteiger partial charge in [-0.25, -0.2) is 9.37 Å². The first kappa shape index (κ1) is 14.5. The Kier molecular flexibility index (Phi) is 4.29. The van der Waals surface area contributed by atoms with E-state index in [1.807, 2.05) is 12.3 Å². The lowest BCUT2D eigenvalue weighted by Crippen LogP contribution is -2.03. The van der Waals surface area contributed by atoms with Gasteiger partial charge in [0.1, 0.15) is 18.2 Å². The Hall–Kier alpha value is -2.47. The number of aryl methyl sites for hydroxylation is 1. The van der Waals surface area contributed by atoms with Gasteiger partial charge in [0.2, 0.25) is 0 Å². The zero-order valence-corrected chi connectivity index (χ0v) is 12.0. The standard InChI is InChI=1S/C16H17FN4O/c17-13-3-1-11(2-4-13)9-12-7-8-18-14(12)5-6-15(22)16-19-10-20-21-16/h1-4,7-8,10,15,18,22H,5-6,9H2,(H,19,20,21). The van der Waals surface area contributed by atoms with Crippen molar-refractivity contribution in [1.29, 1.82) is 0 Å². The molecule has 0 aliphatic rings. The average molecular weight is 300 g/mol. The predicted octanol–water partition coefficient (Wildman–Crippen LogP) is 2.53. The molecule has 1 unspecified atom stereocenters. The number of benzene rings is 1. The molecule has 0 fully saturated rings. The number of H-pyrrole nitrogens is 2. The summed E-state index contributed by atoms with van der Waals surface area (Å²) in [6, 6.07) is 8.52. The quantitative estimate of drug-likeness (QED) is 0.654. The molecular formula is C16H17FN4O. The summed E-state index contributed by atoms with van der Waals surface area (Å²) in [6.45, 7) is 0. The number of nitrogens with one attached hydrogen (secondary N) is 2. The maximum Gasteiger partial charge on any atom is 0.153 e. The van der Waals surface area contributed by atoms with Crippen LogP contribution in [0.15, 0.2) is 42.9 Å². The highest BCUT2D eigenvalue weighted by atomic mass is 19.1. The van der Waals surface area contributed by atoms with Gasteiger partial charge in [-0.15, -0.1) is 0 Å².